The Morgan fingerprint density at radius 1 is 0.919 bits per heavy atom. The number of aryl methyl sites for hydroxylation is 2. The van der Waals surface area contributed by atoms with E-state index in [1.165, 1.54) is 16.7 Å². The van der Waals surface area contributed by atoms with Crippen LogP contribution in [0.25, 0.3) is 33.3 Å². The summed E-state index contributed by atoms with van der Waals surface area (Å²) in [6.45, 7) is 0.239. The number of hydrogen-bond acceptors (Lipinski definition) is 4. The molecule has 10 heteroatoms. The molecule has 0 aliphatic rings. The lowest BCUT2D eigenvalue weighted by Crippen LogP contribution is -2.13. The number of alkyl halides is 2. The fourth-order valence-corrected chi connectivity index (χ4v) is 3.97. The topological polar surface area (TPSA) is 61.9 Å². The standard InChI is InChI=1S/C27H22F2N4O2.2ClH/c1-32-14-20(11-12-24(32)34)22-15-33(2)31-27(22)35-16-17-7-9-18(10-8-17)25-21(26(28)29)13-19-5-3-4-6-23(19)30-25;;/h3-15,26H,16H2,1-2H3;2*1H. The molecule has 0 bridgehead atoms. The molecule has 6 nitrogen and oxygen atoms in total. The van der Waals surface area contributed by atoms with Crippen LogP contribution in [-0.4, -0.2) is 19.3 Å². The van der Waals surface area contributed by atoms with Gasteiger partial charge in [-0.1, -0.05) is 42.5 Å². The monoisotopic (exact) mass is 544 g/mol. The predicted octanol–water partition coefficient (Wildman–Crippen LogP) is 6.36. The van der Waals surface area contributed by atoms with Gasteiger partial charge >= 0.3 is 0 Å². The Hall–Kier alpha value is -3.75. The van der Waals surface area contributed by atoms with E-state index >= 15 is 0 Å². The second-order valence-electron chi connectivity index (χ2n) is 8.29. The van der Waals surface area contributed by atoms with E-state index in [2.05, 4.69) is 10.1 Å². The molecule has 0 amide bonds. The molecule has 192 valence electrons. The highest BCUT2D eigenvalue weighted by Crippen LogP contribution is 2.33. The third-order valence-electron chi connectivity index (χ3n) is 5.78. The van der Waals surface area contributed by atoms with Crippen LogP contribution in [-0.2, 0) is 20.7 Å². The highest BCUT2D eigenvalue weighted by Gasteiger charge is 2.17. The minimum absolute atomic E-state index is 0. The minimum Gasteiger partial charge on any atom is -0.471 e. The molecule has 0 atom stereocenters. The van der Waals surface area contributed by atoms with E-state index in [1.54, 1.807) is 55.3 Å². The first kappa shape index (κ1) is 27.8. The summed E-state index contributed by atoms with van der Waals surface area (Å²) in [5, 5.41) is 5.07. The van der Waals surface area contributed by atoms with Crippen molar-refractivity contribution in [3.05, 3.63) is 101 Å². The molecule has 0 spiro atoms. The van der Waals surface area contributed by atoms with Crippen molar-refractivity contribution in [1.82, 2.24) is 19.3 Å². The number of hydrogen-bond donors (Lipinski definition) is 0. The van der Waals surface area contributed by atoms with Crippen molar-refractivity contribution in [3.63, 3.8) is 0 Å². The van der Waals surface area contributed by atoms with E-state index in [0.29, 0.717) is 22.3 Å². The summed E-state index contributed by atoms with van der Waals surface area (Å²) in [5.41, 5.74) is 3.78. The molecule has 5 rings (SSSR count). The summed E-state index contributed by atoms with van der Waals surface area (Å²) < 4.78 is 36.7. The molecule has 2 aromatic carbocycles. The van der Waals surface area contributed by atoms with Gasteiger partial charge in [0.15, 0.2) is 0 Å². The fraction of sp³-hybridized carbons (Fsp3) is 0.148. The van der Waals surface area contributed by atoms with Crippen LogP contribution in [0.15, 0.2) is 83.9 Å². The lowest BCUT2D eigenvalue weighted by molar-refractivity contribution is 0.152. The summed E-state index contributed by atoms with van der Waals surface area (Å²) in [4.78, 5) is 16.2. The summed E-state index contributed by atoms with van der Waals surface area (Å²) in [7, 11) is 3.48. The molecule has 3 heterocycles. The van der Waals surface area contributed by atoms with Gasteiger partial charge in [-0.3, -0.25) is 9.48 Å². The first-order valence-corrected chi connectivity index (χ1v) is 11.0. The minimum atomic E-state index is -2.63. The molecule has 0 aliphatic heterocycles. The van der Waals surface area contributed by atoms with Crippen LogP contribution in [0.4, 0.5) is 8.78 Å². The summed E-state index contributed by atoms with van der Waals surface area (Å²) in [5.74, 6) is 0.436. The Morgan fingerprint density at radius 2 is 1.62 bits per heavy atom. The summed E-state index contributed by atoms with van der Waals surface area (Å²) in [6, 6.07) is 19.2. The largest absolute Gasteiger partial charge is 0.471 e. The Morgan fingerprint density at radius 3 is 2.32 bits per heavy atom. The molecule has 37 heavy (non-hydrogen) atoms. The van der Waals surface area contributed by atoms with Gasteiger partial charge in [0.2, 0.25) is 11.4 Å². The van der Waals surface area contributed by atoms with Gasteiger partial charge < -0.3 is 9.30 Å². The van der Waals surface area contributed by atoms with Gasteiger partial charge in [0.25, 0.3) is 6.43 Å². The van der Waals surface area contributed by atoms with Crippen molar-refractivity contribution in [1.29, 1.82) is 0 Å². The van der Waals surface area contributed by atoms with Crippen LogP contribution < -0.4 is 10.3 Å². The maximum absolute atomic E-state index is 13.8. The van der Waals surface area contributed by atoms with Gasteiger partial charge in [-0.25, -0.2) is 13.8 Å². The van der Waals surface area contributed by atoms with Gasteiger partial charge in [0.05, 0.1) is 16.8 Å². The predicted molar refractivity (Wildman–Crippen MR) is 145 cm³/mol. The number of aromatic nitrogens is 4. The van der Waals surface area contributed by atoms with Crippen LogP contribution in [0, 0.1) is 0 Å². The summed E-state index contributed by atoms with van der Waals surface area (Å²) >= 11 is 0. The third kappa shape index (κ3) is 5.81. The highest BCUT2D eigenvalue weighted by atomic mass is 35.5. The molecule has 0 saturated carbocycles. The average Bonchev–Trinajstić information content (AvgIpc) is 3.24. The Labute approximate surface area is 224 Å². The molecule has 5 aromatic rings. The maximum atomic E-state index is 13.8. The van der Waals surface area contributed by atoms with Gasteiger partial charge in [-0.2, -0.15) is 0 Å². The smallest absolute Gasteiger partial charge is 0.265 e. The zero-order valence-corrected chi connectivity index (χ0v) is 21.6. The SMILES string of the molecule is Cl.Cl.Cn1cc(-c2ccc(=O)n(C)c2)c(OCc2ccc(-c3nc4ccccc4cc3C(F)F)cc2)n1. The van der Waals surface area contributed by atoms with Crippen LogP contribution in [0.2, 0.25) is 0 Å². The van der Waals surface area contributed by atoms with Gasteiger partial charge in [0, 0.05) is 54.6 Å². The third-order valence-corrected chi connectivity index (χ3v) is 5.78. The van der Waals surface area contributed by atoms with Crippen molar-refractivity contribution in [2.24, 2.45) is 14.1 Å². The van der Waals surface area contributed by atoms with Crippen molar-refractivity contribution in [2.45, 2.75) is 13.0 Å². The zero-order valence-electron chi connectivity index (χ0n) is 20.0. The van der Waals surface area contributed by atoms with Crippen molar-refractivity contribution < 1.29 is 13.5 Å². The van der Waals surface area contributed by atoms with E-state index in [0.717, 1.165) is 16.7 Å². The molecule has 0 radical (unpaired) electrons. The first-order valence-electron chi connectivity index (χ1n) is 11.0. The van der Waals surface area contributed by atoms with Crippen LogP contribution >= 0.6 is 24.8 Å². The molecule has 3 aromatic heterocycles. The number of para-hydroxylation sites is 1. The Balaban J connectivity index is 0.00000190. The van der Waals surface area contributed by atoms with E-state index in [9.17, 15) is 13.6 Å². The van der Waals surface area contributed by atoms with Crippen LogP contribution in [0.5, 0.6) is 5.88 Å². The molecular formula is C27H24Cl2F2N4O2. The number of ether oxygens (including phenoxy) is 1. The average molecular weight is 545 g/mol. The number of rotatable bonds is 6. The number of nitrogens with zero attached hydrogens (tertiary/aromatic N) is 4. The molecule has 0 saturated heterocycles. The van der Waals surface area contributed by atoms with E-state index in [4.69, 9.17) is 4.74 Å². The molecular weight excluding hydrogens is 521 g/mol. The van der Waals surface area contributed by atoms with Gasteiger partial charge in [0.1, 0.15) is 6.61 Å². The lowest BCUT2D eigenvalue weighted by Gasteiger charge is -2.11. The van der Waals surface area contributed by atoms with Gasteiger partial charge in [-0.05, 0) is 23.8 Å². The fourth-order valence-electron chi connectivity index (χ4n) is 3.97. The number of halogens is 4. The zero-order chi connectivity index (χ0) is 24.5. The second-order valence-corrected chi connectivity index (χ2v) is 8.29. The number of benzene rings is 2. The van der Waals surface area contributed by atoms with E-state index < -0.39 is 6.43 Å². The normalized spacial score (nSPS) is 10.7. The number of pyridine rings is 2. The molecule has 0 N–H and O–H groups in total. The second kappa shape index (κ2) is 11.5. The van der Waals surface area contributed by atoms with Crippen LogP contribution in [0.1, 0.15) is 17.6 Å². The van der Waals surface area contributed by atoms with Crippen LogP contribution in [0.3, 0.4) is 0 Å². The first-order chi connectivity index (χ1) is 16.9. The van der Waals surface area contributed by atoms with Crippen molar-refractivity contribution in [2.75, 3.05) is 0 Å². The van der Waals surface area contributed by atoms with E-state index in [1.807, 2.05) is 30.5 Å². The van der Waals surface area contributed by atoms with Crippen molar-refractivity contribution in [3.8, 4) is 28.3 Å². The maximum Gasteiger partial charge on any atom is 0.265 e. The lowest BCUT2D eigenvalue weighted by atomic mass is 10.0. The summed E-state index contributed by atoms with van der Waals surface area (Å²) in [6.07, 6.45) is 0.929. The number of fused-ring (bicyclic) bond motifs is 1. The molecule has 0 aliphatic carbocycles. The highest BCUT2D eigenvalue weighted by molar-refractivity contribution is 5.86. The van der Waals surface area contributed by atoms with Crippen molar-refractivity contribution >= 4 is 35.7 Å². The van der Waals surface area contributed by atoms with Gasteiger partial charge in [-0.15, -0.1) is 29.9 Å². The molecule has 0 unspecified atom stereocenters. The molecule has 0 fully saturated rings. The van der Waals surface area contributed by atoms with E-state index in [-0.39, 0.29) is 48.2 Å². The Bertz CT molecular complexity index is 1580. The Kier molecular flexibility index (Phi) is 8.68. The quantitative estimate of drug-likeness (QED) is 0.249.